The molecule has 1 aliphatic rings. The second kappa shape index (κ2) is 8.69. The van der Waals surface area contributed by atoms with E-state index in [4.69, 9.17) is 4.74 Å². The van der Waals surface area contributed by atoms with E-state index in [1.165, 1.54) is 24.3 Å². The summed E-state index contributed by atoms with van der Waals surface area (Å²) < 4.78 is 44.7. The average Bonchev–Trinajstić information content (AvgIpc) is 2.72. The lowest BCUT2D eigenvalue weighted by molar-refractivity contribution is -0.129. The Hall–Kier alpha value is -2.81. The van der Waals surface area contributed by atoms with Crippen LogP contribution in [-0.2, 0) is 14.8 Å². The van der Waals surface area contributed by atoms with Gasteiger partial charge in [-0.1, -0.05) is 24.3 Å². The first kappa shape index (κ1) is 20.9. The largest absolute Gasteiger partial charge is 0.495 e. The van der Waals surface area contributed by atoms with Crippen molar-refractivity contribution in [3.05, 3.63) is 54.3 Å². The molecule has 29 heavy (non-hydrogen) atoms. The number of benzene rings is 2. The standard InChI is InChI=1S/C20H24FN3O4S/c1-28-19-10-6-5-9-18(19)22-11-13-23(14-12-22)20(25)15-24(29(2,26)27)17-8-4-3-7-16(17)21/h3-10H,11-15H2,1-2H3. The van der Waals surface area contributed by atoms with Gasteiger partial charge in [0.05, 0.1) is 24.7 Å². The molecule has 0 saturated carbocycles. The average molecular weight is 421 g/mol. The fourth-order valence-electron chi connectivity index (χ4n) is 3.35. The van der Waals surface area contributed by atoms with E-state index in [0.29, 0.717) is 26.2 Å². The quantitative estimate of drug-likeness (QED) is 0.713. The Balaban J connectivity index is 1.69. The molecule has 7 nitrogen and oxygen atoms in total. The Bertz CT molecular complexity index is 975. The van der Waals surface area contributed by atoms with Crippen molar-refractivity contribution in [2.45, 2.75) is 0 Å². The van der Waals surface area contributed by atoms with Crippen LogP contribution in [0.3, 0.4) is 0 Å². The molecule has 0 aromatic heterocycles. The van der Waals surface area contributed by atoms with E-state index in [9.17, 15) is 17.6 Å². The predicted octanol–water partition coefficient (Wildman–Crippen LogP) is 1.95. The Morgan fingerprint density at radius 2 is 1.69 bits per heavy atom. The van der Waals surface area contributed by atoms with Crippen LogP contribution in [0.4, 0.5) is 15.8 Å². The van der Waals surface area contributed by atoms with Crippen LogP contribution in [0.2, 0.25) is 0 Å². The minimum absolute atomic E-state index is 0.129. The van der Waals surface area contributed by atoms with Gasteiger partial charge in [-0.2, -0.15) is 0 Å². The third-order valence-electron chi connectivity index (χ3n) is 4.86. The highest BCUT2D eigenvalue weighted by molar-refractivity contribution is 7.92. The summed E-state index contributed by atoms with van der Waals surface area (Å²) in [7, 11) is -2.21. The number of anilines is 2. The molecule has 156 valence electrons. The van der Waals surface area contributed by atoms with Crippen molar-refractivity contribution < 1.29 is 22.3 Å². The number of carbonyl (C=O) groups is 1. The molecule has 1 amide bonds. The summed E-state index contributed by atoms with van der Waals surface area (Å²) in [5.41, 5.74) is 0.822. The molecule has 0 unspecified atom stereocenters. The molecule has 2 aromatic rings. The number of piperazine rings is 1. The van der Waals surface area contributed by atoms with Gasteiger partial charge < -0.3 is 14.5 Å². The van der Waals surface area contributed by atoms with Crippen LogP contribution in [0.25, 0.3) is 0 Å². The topological polar surface area (TPSA) is 70.2 Å². The van der Waals surface area contributed by atoms with Crippen LogP contribution in [-0.4, -0.2) is 65.3 Å². The maximum Gasteiger partial charge on any atom is 0.243 e. The van der Waals surface area contributed by atoms with Gasteiger partial charge in [0, 0.05) is 26.2 Å². The molecule has 2 aromatic carbocycles. The number of para-hydroxylation sites is 3. The Morgan fingerprint density at radius 3 is 2.31 bits per heavy atom. The second-order valence-corrected chi connectivity index (χ2v) is 8.67. The molecule has 0 aliphatic carbocycles. The van der Waals surface area contributed by atoms with Crippen LogP contribution in [0.5, 0.6) is 5.75 Å². The summed E-state index contributed by atoms with van der Waals surface area (Å²) in [4.78, 5) is 16.5. The van der Waals surface area contributed by atoms with Crippen LogP contribution in [0.1, 0.15) is 0 Å². The number of halogens is 1. The minimum atomic E-state index is -3.82. The lowest BCUT2D eigenvalue weighted by Crippen LogP contribution is -2.52. The van der Waals surface area contributed by atoms with Crippen LogP contribution in [0.15, 0.2) is 48.5 Å². The number of rotatable bonds is 6. The zero-order valence-corrected chi connectivity index (χ0v) is 17.2. The highest BCUT2D eigenvalue weighted by atomic mass is 32.2. The number of methoxy groups -OCH3 is 1. The maximum atomic E-state index is 14.1. The fraction of sp³-hybridized carbons (Fsp3) is 0.350. The third-order valence-corrected chi connectivity index (χ3v) is 5.99. The van der Waals surface area contributed by atoms with Gasteiger partial charge >= 0.3 is 0 Å². The number of amides is 1. The number of nitrogens with zero attached hydrogens (tertiary/aromatic N) is 3. The van der Waals surface area contributed by atoms with Crippen molar-refractivity contribution in [3.63, 3.8) is 0 Å². The first-order valence-electron chi connectivity index (χ1n) is 9.19. The molecule has 3 rings (SSSR count). The summed E-state index contributed by atoms with van der Waals surface area (Å²) in [6.45, 7) is 1.61. The van der Waals surface area contributed by atoms with E-state index < -0.39 is 22.4 Å². The molecule has 1 fully saturated rings. The number of ether oxygens (including phenoxy) is 1. The molecule has 0 atom stereocenters. The molecular weight excluding hydrogens is 397 g/mol. The second-order valence-electron chi connectivity index (χ2n) is 6.76. The molecule has 9 heteroatoms. The van der Waals surface area contributed by atoms with Crippen molar-refractivity contribution in [1.29, 1.82) is 0 Å². The lowest BCUT2D eigenvalue weighted by Gasteiger charge is -2.37. The van der Waals surface area contributed by atoms with Gasteiger partial charge in [-0.25, -0.2) is 12.8 Å². The summed E-state index contributed by atoms with van der Waals surface area (Å²) in [6.07, 6.45) is 0.965. The number of hydrogen-bond donors (Lipinski definition) is 0. The van der Waals surface area contributed by atoms with Gasteiger partial charge in [-0.3, -0.25) is 9.10 Å². The van der Waals surface area contributed by atoms with Crippen molar-refractivity contribution >= 4 is 27.3 Å². The van der Waals surface area contributed by atoms with Crippen molar-refractivity contribution in [3.8, 4) is 5.75 Å². The van der Waals surface area contributed by atoms with E-state index in [1.54, 1.807) is 12.0 Å². The monoisotopic (exact) mass is 421 g/mol. The molecule has 0 radical (unpaired) electrons. The Morgan fingerprint density at radius 1 is 1.07 bits per heavy atom. The van der Waals surface area contributed by atoms with E-state index in [2.05, 4.69) is 4.90 Å². The molecule has 0 spiro atoms. The molecule has 1 aliphatic heterocycles. The summed E-state index contributed by atoms with van der Waals surface area (Å²) in [5, 5.41) is 0. The lowest BCUT2D eigenvalue weighted by atomic mass is 10.2. The molecule has 0 bridgehead atoms. The van der Waals surface area contributed by atoms with E-state index in [1.807, 2.05) is 24.3 Å². The normalized spacial score (nSPS) is 14.6. The van der Waals surface area contributed by atoms with Crippen LogP contribution >= 0.6 is 0 Å². The van der Waals surface area contributed by atoms with Crippen molar-refractivity contribution in [2.75, 3.05) is 55.3 Å². The van der Waals surface area contributed by atoms with Crippen molar-refractivity contribution in [2.24, 2.45) is 0 Å². The molecule has 1 saturated heterocycles. The highest BCUT2D eigenvalue weighted by Crippen LogP contribution is 2.28. The van der Waals surface area contributed by atoms with Gasteiger partial charge in [-0.15, -0.1) is 0 Å². The number of carbonyl (C=O) groups excluding carboxylic acids is 1. The zero-order valence-electron chi connectivity index (χ0n) is 16.4. The van der Waals surface area contributed by atoms with Crippen LogP contribution < -0.4 is 13.9 Å². The molecular formula is C20H24FN3O4S. The van der Waals surface area contributed by atoms with Crippen LogP contribution in [0, 0.1) is 5.82 Å². The van der Waals surface area contributed by atoms with Gasteiger partial charge in [0.25, 0.3) is 0 Å². The van der Waals surface area contributed by atoms with Gasteiger partial charge in [0.2, 0.25) is 15.9 Å². The molecule has 0 N–H and O–H groups in total. The van der Waals surface area contributed by atoms with Gasteiger partial charge in [-0.05, 0) is 24.3 Å². The smallest absolute Gasteiger partial charge is 0.243 e. The summed E-state index contributed by atoms with van der Waals surface area (Å²) >= 11 is 0. The summed E-state index contributed by atoms with van der Waals surface area (Å²) in [6, 6.07) is 13.2. The third kappa shape index (κ3) is 4.79. The van der Waals surface area contributed by atoms with E-state index in [-0.39, 0.29) is 11.6 Å². The summed E-state index contributed by atoms with van der Waals surface area (Å²) in [5.74, 6) is -0.292. The molecule has 1 heterocycles. The zero-order chi connectivity index (χ0) is 21.0. The van der Waals surface area contributed by atoms with Crippen molar-refractivity contribution in [1.82, 2.24) is 4.90 Å². The first-order valence-corrected chi connectivity index (χ1v) is 11.0. The predicted molar refractivity (Wildman–Crippen MR) is 110 cm³/mol. The Kier molecular flexibility index (Phi) is 6.26. The van der Waals surface area contributed by atoms with E-state index in [0.717, 1.165) is 22.0 Å². The SMILES string of the molecule is COc1ccccc1N1CCN(C(=O)CN(c2ccccc2F)S(C)(=O)=O)CC1. The Labute approximate surface area is 170 Å². The van der Waals surface area contributed by atoms with E-state index >= 15 is 0 Å². The van der Waals surface area contributed by atoms with Gasteiger partial charge in [0.1, 0.15) is 18.1 Å². The number of sulfonamides is 1. The minimum Gasteiger partial charge on any atom is -0.495 e. The number of hydrogen-bond acceptors (Lipinski definition) is 5. The van der Waals surface area contributed by atoms with Gasteiger partial charge in [0.15, 0.2) is 0 Å². The fourth-order valence-corrected chi connectivity index (χ4v) is 4.20. The highest BCUT2D eigenvalue weighted by Gasteiger charge is 2.28. The maximum absolute atomic E-state index is 14.1. The first-order chi connectivity index (χ1) is 13.8.